The normalized spacial score (nSPS) is 11.8. The quantitative estimate of drug-likeness (QED) is 0.644. The van der Waals surface area contributed by atoms with E-state index in [0.29, 0.717) is 11.8 Å². The van der Waals surface area contributed by atoms with Crippen molar-refractivity contribution in [3.05, 3.63) is 0 Å². The zero-order valence-electron chi connectivity index (χ0n) is 8.60. The summed E-state index contributed by atoms with van der Waals surface area (Å²) in [6.07, 6.45) is 0. The molecule has 0 unspecified atom stereocenters. The van der Waals surface area contributed by atoms with E-state index in [9.17, 15) is 0 Å². The number of hydrogen-bond donors (Lipinski definition) is 1. The van der Waals surface area contributed by atoms with Gasteiger partial charge in [-0.2, -0.15) is 5.26 Å². The first-order valence-corrected chi connectivity index (χ1v) is 4.36. The molecule has 0 aliphatic heterocycles. The van der Waals surface area contributed by atoms with Crippen LogP contribution in [0.2, 0.25) is 0 Å². The molecule has 0 spiro atoms. The lowest BCUT2D eigenvalue weighted by molar-refractivity contribution is 0.235. The summed E-state index contributed by atoms with van der Waals surface area (Å²) in [5.74, 6) is 0.675. The largest absolute Gasteiger partial charge is 0.294 e. The third-order valence-electron chi connectivity index (χ3n) is 3.05. The molecule has 0 atom stereocenters. The van der Waals surface area contributed by atoms with Crippen LogP contribution in [0.25, 0.3) is 0 Å². The minimum Gasteiger partial charge on any atom is -0.294 e. The van der Waals surface area contributed by atoms with Gasteiger partial charge in [0, 0.05) is 5.41 Å². The first-order chi connectivity index (χ1) is 5.37. The first-order valence-electron chi connectivity index (χ1n) is 4.36. The lowest BCUT2D eigenvalue weighted by Crippen LogP contribution is -2.37. The van der Waals surface area contributed by atoms with Gasteiger partial charge < -0.3 is 0 Å². The van der Waals surface area contributed by atoms with E-state index in [0.717, 1.165) is 0 Å². The van der Waals surface area contributed by atoms with Crippen molar-refractivity contribution < 1.29 is 0 Å². The summed E-state index contributed by atoms with van der Waals surface area (Å²) in [5, 5.41) is 16.3. The topological polar surface area (TPSA) is 47.6 Å². The highest BCUT2D eigenvalue weighted by Crippen LogP contribution is 2.36. The highest BCUT2D eigenvalue weighted by molar-refractivity contribution is 6.00. The van der Waals surface area contributed by atoms with E-state index in [2.05, 4.69) is 27.7 Å². The van der Waals surface area contributed by atoms with Gasteiger partial charge in [-0.25, -0.2) is 0 Å². The zero-order valence-corrected chi connectivity index (χ0v) is 8.60. The molecule has 68 valence electrons. The van der Waals surface area contributed by atoms with Gasteiger partial charge in [0.2, 0.25) is 0 Å². The Labute approximate surface area is 75.1 Å². The number of nitrogens with zero attached hydrogens (tertiary/aromatic N) is 1. The summed E-state index contributed by atoms with van der Waals surface area (Å²) in [5.41, 5.74) is -0.0677. The third kappa shape index (κ3) is 1.66. The molecule has 0 aromatic carbocycles. The van der Waals surface area contributed by atoms with Gasteiger partial charge in [-0.15, -0.1) is 0 Å². The van der Waals surface area contributed by atoms with Crippen LogP contribution < -0.4 is 0 Å². The van der Waals surface area contributed by atoms with Gasteiger partial charge in [0.25, 0.3) is 0 Å². The van der Waals surface area contributed by atoms with Crippen molar-refractivity contribution in [3.8, 4) is 6.07 Å². The molecule has 12 heavy (non-hydrogen) atoms. The number of nitriles is 1. The maximum Gasteiger partial charge on any atom is 0.115 e. The lowest BCUT2D eigenvalue weighted by Gasteiger charge is -2.35. The maximum absolute atomic E-state index is 8.69. The Hall–Kier alpha value is -0.840. The van der Waals surface area contributed by atoms with E-state index in [1.807, 2.05) is 13.0 Å². The molecule has 0 aromatic heterocycles. The SMILES string of the molecule is CC(C)C(C)(C(=N)C#N)C(C)C. The Morgan fingerprint density at radius 3 is 1.67 bits per heavy atom. The summed E-state index contributed by atoms with van der Waals surface area (Å²) in [4.78, 5) is 0. The van der Waals surface area contributed by atoms with Crippen molar-refractivity contribution in [2.75, 3.05) is 0 Å². The van der Waals surface area contributed by atoms with Crippen LogP contribution in [-0.4, -0.2) is 5.71 Å². The van der Waals surface area contributed by atoms with Gasteiger partial charge in [-0.05, 0) is 11.8 Å². The van der Waals surface area contributed by atoms with Crippen molar-refractivity contribution in [1.82, 2.24) is 0 Å². The second-order valence-electron chi connectivity index (χ2n) is 4.08. The average Bonchev–Trinajstić information content (AvgIpc) is 2.00. The molecule has 0 radical (unpaired) electrons. The van der Waals surface area contributed by atoms with Crippen LogP contribution in [0.5, 0.6) is 0 Å². The lowest BCUT2D eigenvalue weighted by atomic mass is 9.67. The van der Waals surface area contributed by atoms with Crippen LogP contribution in [-0.2, 0) is 0 Å². The summed E-state index contributed by atoms with van der Waals surface area (Å²) < 4.78 is 0. The van der Waals surface area contributed by atoms with E-state index >= 15 is 0 Å². The van der Waals surface area contributed by atoms with Crippen LogP contribution in [0.15, 0.2) is 0 Å². The van der Waals surface area contributed by atoms with Crippen LogP contribution in [0.1, 0.15) is 34.6 Å². The Kier molecular flexibility index (Phi) is 3.45. The van der Waals surface area contributed by atoms with E-state index in [1.165, 1.54) is 0 Å². The van der Waals surface area contributed by atoms with Crippen LogP contribution >= 0.6 is 0 Å². The van der Waals surface area contributed by atoms with Crippen molar-refractivity contribution in [2.24, 2.45) is 17.3 Å². The van der Waals surface area contributed by atoms with E-state index < -0.39 is 0 Å². The number of hydrogen-bond acceptors (Lipinski definition) is 2. The predicted octanol–water partition coefficient (Wildman–Crippen LogP) is 2.85. The smallest absolute Gasteiger partial charge is 0.115 e. The summed E-state index contributed by atoms with van der Waals surface area (Å²) in [7, 11) is 0. The molecule has 0 saturated carbocycles. The van der Waals surface area contributed by atoms with Gasteiger partial charge in [-0.1, -0.05) is 34.6 Å². The molecule has 0 fully saturated rings. The highest BCUT2D eigenvalue weighted by Gasteiger charge is 2.36. The van der Waals surface area contributed by atoms with Gasteiger partial charge in [0.1, 0.15) is 11.8 Å². The minimum absolute atomic E-state index is 0.201. The second kappa shape index (κ2) is 3.71. The van der Waals surface area contributed by atoms with Crippen molar-refractivity contribution in [1.29, 1.82) is 10.7 Å². The van der Waals surface area contributed by atoms with Crippen molar-refractivity contribution in [2.45, 2.75) is 34.6 Å². The third-order valence-corrected chi connectivity index (χ3v) is 3.05. The summed E-state index contributed by atoms with van der Waals surface area (Å²) in [6.45, 7) is 10.2. The fraction of sp³-hybridized carbons (Fsp3) is 0.800. The van der Waals surface area contributed by atoms with Crippen LogP contribution in [0.3, 0.4) is 0 Å². The van der Waals surface area contributed by atoms with Crippen molar-refractivity contribution >= 4 is 5.71 Å². The van der Waals surface area contributed by atoms with Gasteiger partial charge in [0.15, 0.2) is 0 Å². The monoisotopic (exact) mass is 166 g/mol. The van der Waals surface area contributed by atoms with E-state index in [-0.39, 0.29) is 11.1 Å². The van der Waals surface area contributed by atoms with Crippen LogP contribution in [0.4, 0.5) is 0 Å². The number of rotatable bonds is 3. The molecule has 0 aliphatic rings. The Bertz CT molecular complexity index is 200. The number of nitrogens with one attached hydrogen (secondary N) is 1. The van der Waals surface area contributed by atoms with Gasteiger partial charge >= 0.3 is 0 Å². The highest BCUT2D eigenvalue weighted by atomic mass is 14.5. The molecule has 0 rings (SSSR count). The van der Waals surface area contributed by atoms with Crippen molar-refractivity contribution in [3.63, 3.8) is 0 Å². The molecule has 0 aliphatic carbocycles. The molecule has 0 saturated heterocycles. The molecular weight excluding hydrogens is 148 g/mol. The standard InChI is InChI=1S/C10H18N2/c1-7(2)10(5,8(3)4)9(12)6-11/h7-8,12H,1-5H3. The predicted molar refractivity (Wildman–Crippen MR) is 51.1 cm³/mol. The van der Waals surface area contributed by atoms with Gasteiger partial charge in [0.05, 0.1) is 0 Å². The molecule has 0 aromatic rings. The Balaban J connectivity index is 4.90. The van der Waals surface area contributed by atoms with E-state index in [4.69, 9.17) is 10.7 Å². The first kappa shape index (κ1) is 11.2. The molecule has 0 bridgehead atoms. The zero-order chi connectivity index (χ0) is 9.94. The average molecular weight is 166 g/mol. The molecule has 0 amide bonds. The molecule has 2 nitrogen and oxygen atoms in total. The minimum atomic E-state index is -0.269. The maximum atomic E-state index is 8.69. The molecule has 2 heteroatoms. The molecule has 0 heterocycles. The second-order valence-corrected chi connectivity index (χ2v) is 4.08. The Morgan fingerprint density at radius 2 is 1.58 bits per heavy atom. The summed E-state index contributed by atoms with van der Waals surface area (Å²) in [6, 6.07) is 1.95. The fourth-order valence-electron chi connectivity index (χ4n) is 1.36. The van der Waals surface area contributed by atoms with Crippen LogP contribution in [0, 0.1) is 34.0 Å². The fourth-order valence-corrected chi connectivity index (χ4v) is 1.36. The van der Waals surface area contributed by atoms with Gasteiger partial charge in [-0.3, -0.25) is 5.41 Å². The summed E-state index contributed by atoms with van der Waals surface area (Å²) >= 11 is 0. The Morgan fingerprint density at radius 1 is 1.25 bits per heavy atom. The molecular formula is C10H18N2. The molecule has 1 N–H and O–H groups in total. The van der Waals surface area contributed by atoms with E-state index in [1.54, 1.807) is 0 Å².